The first kappa shape index (κ1) is 15.0. The van der Waals surface area contributed by atoms with E-state index in [0.717, 1.165) is 37.5 Å². The van der Waals surface area contributed by atoms with E-state index in [1.165, 1.54) is 19.3 Å². The molecule has 2 aliphatic rings. The highest BCUT2D eigenvalue weighted by molar-refractivity contribution is 7.89. The van der Waals surface area contributed by atoms with Crippen molar-refractivity contribution in [3.63, 3.8) is 0 Å². The highest BCUT2D eigenvalue weighted by Gasteiger charge is 2.30. The maximum Gasteiger partial charge on any atom is 0.213 e. The Bertz CT molecular complexity index is 588. The molecule has 2 aliphatic heterocycles. The van der Waals surface area contributed by atoms with Gasteiger partial charge in [-0.05, 0) is 32.6 Å². The molecule has 0 aliphatic carbocycles. The van der Waals surface area contributed by atoms with Gasteiger partial charge in [0.25, 0.3) is 0 Å². The lowest BCUT2D eigenvalue weighted by Gasteiger charge is -2.30. The van der Waals surface area contributed by atoms with Crippen molar-refractivity contribution in [2.45, 2.75) is 57.9 Å². The highest BCUT2D eigenvalue weighted by Crippen LogP contribution is 2.29. The lowest BCUT2D eigenvalue weighted by molar-refractivity contribution is 0.309. The predicted molar refractivity (Wildman–Crippen MR) is 80.6 cm³/mol. The van der Waals surface area contributed by atoms with E-state index in [4.69, 9.17) is 0 Å². The van der Waals surface area contributed by atoms with Gasteiger partial charge in [-0.1, -0.05) is 6.42 Å². The number of aromatic nitrogens is 3. The van der Waals surface area contributed by atoms with Gasteiger partial charge in [0, 0.05) is 32.0 Å². The molecule has 0 aromatic carbocycles. The van der Waals surface area contributed by atoms with Crippen LogP contribution in [0.5, 0.6) is 0 Å². The van der Waals surface area contributed by atoms with Gasteiger partial charge in [0.15, 0.2) is 0 Å². The number of fused-ring (bicyclic) bond motifs is 1. The predicted octanol–water partition coefficient (Wildman–Crippen LogP) is 1.53. The summed E-state index contributed by atoms with van der Waals surface area (Å²) in [6, 6.07) is 0. The van der Waals surface area contributed by atoms with Crippen LogP contribution in [0.25, 0.3) is 0 Å². The minimum atomic E-state index is -3.05. The van der Waals surface area contributed by atoms with E-state index < -0.39 is 10.0 Å². The first-order chi connectivity index (χ1) is 10.1. The van der Waals surface area contributed by atoms with Crippen LogP contribution in [0.2, 0.25) is 0 Å². The number of piperidine rings is 1. The van der Waals surface area contributed by atoms with Crippen molar-refractivity contribution >= 4 is 10.0 Å². The summed E-state index contributed by atoms with van der Waals surface area (Å²) in [5.74, 6) is 2.75. The van der Waals surface area contributed by atoms with E-state index in [9.17, 15) is 8.42 Å². The molecule has 0 spiro atoms. The summed E-state index contributed by atoms with van der Waals surface area (Å²) in [4.78, 5) is 0. The lowest BCUT2D eigenvalue weighted by Crippen LogP contribution is -2.39. The maximum atomic E-state index is 11.9. The van der Waals surface area contributed by atoms with E-state index in [1.807, 2.05) is 0 Å². The molecule has 0 radical (unpaired) electrons. The lowest BCUT2D eigenvalue weighted by atomic mass is 9.97. The van der Waals surface area contributed by atoms with Crippen molar-refractivity contribution < 1.29 is 8.42 Å². The first-order valence-corrected chi connectivity index (χ1v) is 9.62. The zero-order valence-corrected chi connectivity index (χ0v) is 13.5. The second-order valence-electron chi connectivity index (χ2n) is 6.01. The Morgan fingerprint density at radius 3 is 2.57 bits per heavy atom. The molecular formula is C14H24N4O2S. The number of rotatable bonds is 3. The summed E-state index contributed by atoms with van der Waals surface area (Å²) in [7, 11) is -3.05. The topological polar surface area (TPSA) is 68.1 Å². The number of hydrogen-bond acceptors (Lipinski definition) is 4. The fourth-order valence-electron chi connectivity index (χ4n) is 3.38. The molecule has 3 rings (SSSR count). The van der Waals surface area contributed by atoms with E-state index in [2.05, 4.69) is 14.8 Å². The van der Waals surface area contributed by atoms with Gasteiger partial charge in [-0.15, -0.1) is 10.2 Å². The fraction of sp³-hybridized carbons (Fsp3) is 0.857. The van der Waals surface area contributed by atoms with E-state index in [0.29, 0.717) is 19.0 Å². The maximum absolute atomic E-state index is 11.9. The van der Waals surface area contributed by atoms with Crippen molar-refractivity contribution in [2.24, 2.45) is 0 Å². The van der Waals surface area contributed by atoms with Gasteiger partial charge in [0.1, 0.15) is 11.6 Å². The third-order valence-electron chi connectivity index (χ3n) is 4.72. The van der Waals surface area contributed by atoms with Crippen LogP contribution in [0, 0.1) is 0 Å². The van der Waals surface area contributed by atoms with Gasteiger partial charge >= 0.3 is 0 Å². The summed E-state index contributed by atoms with van der Waals surface area (Å²) in [6.45, 7) is 3.96. The quantitative estimate of drug-likeness (QED) is 0.849. The SMILES string of the molecule is CCS(=O)(=O)N1CCC(c2nnc3n2CCCCC3)CC1. The van der Waals surface area contributed by atoms with Crippen LogP contribution in [0.4, 0.5) is 0 Å². The molecule has 1 aromatic heterocycles. The smallest absolute Gasteiger partial charge is 0.213 e. The van der Waals surface area contributed by atoms with E-state index in [1.54, 1.807) is 11.2 Å². The Morgan fingerprint density at radius 2 is 1.86 bits per heavy atom. The summed E-state index contributed by atoms with van der Waals surface area (Å²) in [5, 5.41) is 8.77. The second kappa shape index (κ2) is 6.04. The average Bonchev–Trinajstić information content (AvgIpc) is 2.76. The molecular weight excluding hydrogens is 288 g/mol. The number of nitrogens with zero attached hydrogens (tertiary/aromatic N) is 4. The largest absolute Gasteiger partial charge is 0.315 e. The van der Waals surface area contributed by atoms with E-state index >= 15 is 0 Å². The van der Waals surface area contributed by atoms with Crippen LogP contribution in [0.1, 0.15) is 56.6 Å². The van der Waals surface area contributed by atoms with Gasteiger partial charge in [0.2, 0.25) is 10.0 Å². The molecule has 1 aromatic rings. The molecule has 0 saturated carbocycles. The fourth-order valence-corrected chi connectivity index (χ4v) is 4.52. The Morgan fingerprint density at radius 1 is 1.10 bits per heavy atom. The Kier molecular flexibility index (Phi) is 4.31. The monoisotopic (exact) mass is 312 g/mol. The molecule has 0 bridgehead atoms. The van der Waals surface area contributed by atoms with Gasteiger partial charge in [-0.25, -0.2) is 12.7 Å². The zero-order valence-electron chi connectivity index (χ0n) is 12.7. The Hall–Kier alpha value is -0.950. The number of sulfonamides is 1. The number of hydrogen-bond donors (Lipinski definition) is 0. The third-order valence-corrected chi connectivity index (χ3v) is 6.60. The zero-order chi connectivity index (χ0) is 14.9. The van der Waals surface area contributed by atoms with Crippen LogP contribution in [-0.2, 0) is 23.0 Å². The van der Waals surface area contributed by atoms with Crippen LogP contribution in [0.3, 0.4) is 0 Å². The molecule has 6 nitrogen and oxygen atoms in total. The van der Waals surface area contributed by atoms with Crippen molar-refractivity contribution in [1.29, 1.82) is 0 Å². The molecule has 0 N–H and O–H groups in total. The van der Waals surface area contributed by atoms with Gasteiger partial charge in [0.05, 0.1) is 5.75 Å². The Balaban J connectivity index is 1.72. The van der Waals surface area contributed by atoms with Gasteiger partial charge in [-0.2, -0.15) is 0 Å². The highest BCUT2D eigenvalue weighted by atomic mass is 32.2. The standard InChI is InChI=1S/C14H24N4O2S/c1-2-21(19,20)17-10-7-12(8-11-17)14-16-15-13-6-4-3-5-9-18(13)14/h12H,2-11H2,1H3. The molecule has 0 amide bonds. The Labute approximate surface area is 126 Å². The van der Waals surface area contributed by atoms with Gasteiger partial charge < -0.3 is 4.57 Å². The van der Waals surface area contributed by atoms with Crippen molar-refractivity contribution in [3.05, 3.63) is 11.6 Å². The summed E-state index contributed by atoms with van der Waals surface area (Å²) in [6.07, 6.45) is 6.40. The minimum absolute atomic E-state index is 0.192. The molecule has 118 valence electrons. The van der Waals surface area contributed by atoms with Crippen LogP contribution in [-0.4, -0.2) is 46.3 Å². The van der Waals surface area contributed by atoms with Crippen LogP contribution in [0.15, 0.2) is 0 Å². The minimum Gasteiger partial charge on any atom is -0.315 e. The molecule has 1 saturated heterocycles. The van der Waals surface area contributed by atoms with Crippen molar-refractivity contribution in [2.75, 3.05) is 18.8 Å². The summed E-state index contributed by atoms with van der Waals surface area (Å²) >= 11 is 0. The molecule has 7 heteroatoms. The van der Waals surface area contributed by atoms with Crippen LogP contribution >= 0.6 is 0 Å². The summed E-state index contributed by atoms with van der Waals surface area (Å²) in [5.41, 5.74) is 0. The normalized spacial score (nSPS) is 22.0. The van der Waals surface area contributed by atoms with Crippen molar-refractivity contribution in [3.8, 4) is 0 Å². The molecule has 3 heterocycles. The summed E-state index contributed by atoms with van der Waals surface area (Å²) < 4.78 is 27.8. The molecule has 1 fully saturated rings. The van der Waals surface area contributed by atoms with Gasteiger partial charge in [-0.3, -0.25) is 0 Å². The van der Waals surface area contributed by atoms with Crippen molar-refractivity contribution in [1.82, 2.24) is 19.1 Å². The average molecular weight is 312 g/mol. The van der Waals surface area contributed by atoms with Crippen LogP contribution < -0.4 is 0 Å². The first-order valence-electron chi connectivity index (χ1n) is 8.01. The molecule has 0 unspecified atom stereocenters. The molecule has 0 atom stereocenters. The second-order valence-corrected chi connectivity index (χ2v) is 8.27. The third kappa shape index (κ3) is 2.99. The molecule has 21 heavy (non-hydrogen) atoms. The number of aryl methyl sites for hydroxylation is 1. The van der Waals surface area contributed by atoms with E-state index in [-0.39, 0.29) is 5.75 Å².